The number of hydrogen-bond donors (Lipinski definition) is 2. The van der Waals surface area contributed by atoms with E-state index in [9.17, 15) is 4.79 Å². The molecule has 2 rings (SSSR count). The summed E-state index contributed by atoms with van der Waals surface area (Å²) < 4.78 is 0. The number of carbonyl (C=O) groups excluding carboxylic acids is 1. The summed E-state index contributed by atoms with van der Waals surface area (Å²) in [4.78, 5) is 16.6. The first-order chi connectivity index (χ1) is 9.60. The van der Waals surface area contributed by atoms with Crippen molar-refractivity contribution in [2.75, 3.05) is 18.4 Å². The Balaban J connectivity index is 1.95. The minimum absolute atomic E-state index is 0.00236. The molecule has 20 heavy (non-hydrogen) atoms. The van der Waals surface area contributed by atoms with Crippen LogP contribution in [0.5, 0.6) is 0 Å². The molecule has 1 unspecified atom stereocenters. The normalized spacial score (nSPS) is 15.8. The van der Waals surface area contributed by atoms with Gasteiger partial charge in [0, 0.05) is 24.3 Å². The second-order valence-corrected chi connectivity index (χ2v) is 5.83. The van der Waals surface area contributed by atoms with Gasteiger partial charge < -0.3 is 10.6 Å². The number of aryl methyl sites for hydroxylation is 1. The summed E-state index contributed by atoms with van der Waals surface area (Å²) in [5.74, 6) is 2.19. The van der Waals surface area contributed by atoms with Gasteiger partial charge in [0.1, 0.15) is 5.82 Å². The molecule has 0 saturated heterocycles. The predicted molar refractivity (Wildman–Crippen MR) is 82.0 cm³/mol. The molecule has 110 valence electrons. The van der Waals surface area contributed by atoms with Gasteiger partial charge in [-0.2, -0.15) is 0 Å². The zero-order valence-electron chi connectivity index (χ0n) is 12.7. The third-order valence-corrected chi connectivity index (χ3v) is 3.78. The maximum absolute atomic E-state index is 12.2. The van der Waals surface area contributed by atoms with Crippen molar-refractivity contribution in [1.29, 1.82) is 0 Å². The summed E-state index contributed by atoms with van der Waals surface area (Å²) in [6.45, 7) is 7.87. The molecular formula is C16H25N3O. The molecule has 1 aliphatic rings. The number of pyridine rings is 1. The van der Waals surface area contributed by atoms with Crippen LogP contribution in [-0.4, -0.2) is 24.0 Å². The highest BCUT2D eigenvalue weighted by molar-refractivity contribution is 5.95. The van der Waals surface area contributed by atoms with Crippen LogP contribution >= 0.6 is 0 Å². The Kier molecular flexibility index (Phi) is 4.99. The van der Waals surface area contributed by atoms with Gasteiger partial charge in [-0.15, -0.1) is 0 Å². The molecule has 1 atom stereocenters. The zero-order valence-corrected chi connectivity index (χ0v) is 12.7. The number of rotatable bonds is 7. The van der Waals surface area contributed by atoms with E-state index in [0.717, 1.165) is 36.9 Å². The lowest BCUT2D eigenvalue weighted by Gasteiger charge is -2.12. The summed E-state index contributed by atoms with van der Waals surface area (Å²) in [6, 6.07) is 3.67. The van der Waals surface area contributed by atoms with Crippen LogP contribution in [0.4, 0.5) is 5.82 Å². The van der Waals surface area contributed by atoms with Crippen LogP contribution in [-0.2, 0) is 0 Å². The predicted octanol–water partition coefficient (Wildman–Crippen LogP) is 2.99. The van der Waals surface area contributed by atoms with Crippen LogP contribution in [0.25, 0.3) is 0 Å². The molecule has 1 aromatic rings. The fourth-order valence-corrected chi connectivity index (χ4v) is 2.33. The SMILES string of the molecule is CCCNc1cc(C(=O)NCC(C)C2CC2)cc(C)n1. The Bertz CT molecular complexity index is 469. The largest absolute Gasteiger partial charge is 0.370 e. The summed E-state index contributed by atoms with van der Waals surface area (Å²) in [5.41, 5.74) is 1.56. The molecule has 0 aliphatic heterocycles. The lowest BCUT2D eigenvalue weighted by Crippen LogP contribution is -2.29. The number of amides is 1. The number of nitrogens with one attached hydrogen (secondary N) is 2. The second kappa shape index (κ2) is 6.73. The molecule has 1 heterocycles. The first-order valence-electron chi connectivity index (χ1n) is 7.61. The highest BCUT2D eigenvalue weighted by Crippen LogP contribution is 2.36. The second-order valence-electron chi connectivity index (χ2n) is 5.83. The molecule has 0 bridgehead atoms. The van der Waals surface area contributed by atoms with Gasteiger partial charge in [0.15, 0.2) is 0 Å². The minimum atomic E-state index is 0.00236. The fraction of sp³-hybridized carbons (Fsp3) is 0.625. The van der Waals surface area contributed by atoms with Gasteiger partial charge in [-0.1, -0.05) is 13.8 Å². The van der Waals surface area contributed by atoms with Gasteiger partial charge in [0.05, 0.1) is 0 Å². The van der Waals surface area contributed by atoms with Crippen LogP contribution in [0, 0.1) is 18.8 Å². The Labute approximate surface area is 121 Å². The standard InChI is InChI=1S/C16H25N3O/c1-4-7-17-15-9-14(8-12(3)19-15)16(20)18-10-11(2)13-5-6-13/h8-9,11,13H,4-7,10H2,1-3H3,(H,17,19)(H,18,20). The molecule has 1 amide bonds. The number of hydrogen-bond acceptors (Lipinski definition) is 3. The number of anilines is 1. The minimum Gasteiger partial charge on any atom is -0.370 e. The van der Waals surface area contributed by atoms with E-state index in [1.165, 1.54) is 12.8 Å². The van der Waals surface area contributed by atoms with Crippen molar-refractivity contribution in [2.24, 2.45) is 11.8 Å². The van der Waals surface area contributed by atoms with Gasteiger partial charge in [0.2, 0.25) is 0 Å². The highest BCUT2D eigenvalue weighted by atomic mass is 16.1. The van der Waals surface area contributed by atoms with Crippen LogP contribution in [0.2, 0.25) is 0 Å². The van der Waals surface area contributed by atoms with E-state index in [0.29, 0.717) is 11.5 Å². The fourth-order valence-electron chi connectivity index (χ4n) is 2.33. The van der Waals surface area contributed by atoms with Crippen molar-refractivity contribution in [3.8, 4) is 0 Å². The Morgan fingerprint density at radius 2 is 2.20 bits per heavy atom. The number of aromatic nitrogens is 1. The molecule has 0 spiro atoms. The first kappa shape index (κ1) is 14.8. The average molecular weight is 275 g/mol. The molecule has 4 nitrogen and oxygen atoms in total. The van der Waals surface area contributed by atoms with E-state index < -0.39 is 0 Å². The molecule has 1 fully saturated rings. The van der Waals surface area contributed by atoms with Crippen molar-refractivity contribution in [3.63, 3.8) is 0 Å². The monoisotopic (exact) mass is 275 g/mol. The molecule has 2 N–H and O–H groups in total. The summed E-state index contributed by atoms with van der Waals surface area (Å²) in [5, 5.41) is 6.27. The van der Waals surface area contributed by atoms with Crippen LogP contribution in [0.15, 0.2) is 12.1 Å². The van der Waals surface area contributed by atoms with Gasteiger partial charge in [-0.05, 0) is 50.2 Å². The molecule has 0 aromatic carbocycles. The summed E-state index contributed by atoms with van der Waals surface area (Å²) in [6.07, 6.45) is 3.67. The van der Waals surface area contributed by atoms with Crippen molar-refractivity contribution in [2.45, 2.75) is 40.0 Å². The van der Waals surface area contributed by atoms with Crippen LogP contribution in [0.1, 0.15) is 49.2 Å². The van der Waals surface area contributed by atoms with E-state index >= 15 is 0 Å². The Hall–Kier alpha value is -1.58. The molecule has 0 radical (unpaired) electrons. The van der Waals surface area contributed by atoms with Crippen LogP contribution in [0.3, 0.4) is 0 Å². The lowest BCUT2D eigenvalue weighted by atomic mass is 10.1. The highest BCUT2D eigenvalue weighted by Gasteiger charge is 2.27. The van der Waals surface area contributed by atoms with E-state index in [1.54, 1.807) is 0 Å². The van der Waals surface area contributed by atoms with E-state index in [4.69, 9.17) is 0 Å². The Morgan fingerprint density at radius 1 is 1.45 bits per heavy atom. The van der Waals surface area contributed by atoms with Gasteiger partial charge in [0.25, 0.3) is 5.91 Å². The van der Waals surface area contributed by atoms with Crippen molar-refractivity contribution < 1.29 is 4.79 Å². The van der Waals surface area contributed by atoms with E-state index in [1.807, 2.05) is 19.1 Å². The maximum atomic E-state index is 12.2. The summed E-state index contributed by atoms with van der Waals surface area (Å²) >= 11 is 0. The first-order valence-corrected chi connectivity index (χ1v) is 7.61. The van der Waals surface area contributed by atoms with Crippen molar-refractivity contribution >= 4 is 11.7 Å². The van der Waals surface area contributed by atoms with E-state index in [-0.39, 0.29) is 5.91 Å². The topological polar surface area (TPSA) is 54.0 Å². The zero-order chi connectivity index (χ0) is 14.5. The number of carbonyl (C=O) groups is 1. The maximum Gasteiger partial charge on any atom is 0.251 e. The summed E-state index contributed by atoms with van der Waals surface area (Å²) in [7, 11) is 0. The smallest absolute Gasteiger partial charge is 0.251 e. The van der Waals surface area contributed by atoms with Crippen molar-refractivity contribution in [3.05, 3.63) is 23.4 Å². The quantitative estimate of drug-likeness (QED) is 0.804. The average Bonchev–Trinajstić information content (AvgIpc) is 3.26. The van der Waals surface area contributed by atoms with E-state index in [2.05, 4.69) is 29.5 Å². The van der Waals surface area contributed by atoms with Crippen molar-refractivity contribution in [1.82, 2.24) is 10.3 Å². The number of nitrogens with zero attached hydrogens (tertiary/aromatic N) is 1. The van der Waals surface area contributed by atoms with Crippen LogP contribution < -0.4 is 10.6 Å². The third-order valence-electron chi connectivity index (χ3n) is 3.78. The van der Waals surface area contributed by atoms with Gasteiger partial charge >= 0.3 is 0 Å². The molecule has 1 saturated carbocycles. The molecule has 4 heteroatoms. The van der Waals surface area contributed by atoms with Gasteiger partial charge in [-0.25, -0.2) is 4.98 Å². The third kappa shape index (κ3) is 4.22. The molecular weight excluding hydrogens is 250 g/mol. The lowest BCUT2D eigenvalue weighted by molar-refractivity contribution is 0.0946. The molecule has 1 aliphatic carbocycles. The Morgan fingerprint density at radius 3 is 2.85 bits per heavy atom. The molecule has 1 aromatic heterocycles. The van der Waals surface area contributed by atoms with Gasteiger partial charge in [-0.3, -0.25) is 4.79 Å².